The van der Waals surface area contributed by atoms with E-state index in [4.69, 9.17) is 4.74 Å². The van der Waals surface area contributed by atoms with Crippen LogP contribution in [0.1, 0.15) is 39.0 Å². The Morgan fingerprint density at radius 3 is 2.79 bits per heavy atom. The van der Waals surface area contributed by atoms with E-state index in [2.05, 4.69) is 22.0 Å². The van der Waals surface area contributed by atoms with E-state index in [9.17, 15) is 4.79 Å². The first-order valence-electron chi connectivity index (χ1n) is 10.0. The van der Waals surface area contributed by atoms with Crippen molar-refractivity contribution in [2.75, 3.05) is 59.0 Å². The Labute approximate surface area is 147 Å². The second-order valence-corrected chi connectivity index (χ2v) is 8.05. The summed E-state index contributed by atoms with van der Waals surface area (Å²) in [6, 6.07) is 0. The van der Waals surface area contributed by atoms with Gasteiger partial charge in [-0.05, 0) is 56.5 Å². The number of amides is 1. The van der Waals surface area contributed by atoms with Gasteiger partial charge in [-0.15, -0.1) is 0 Å². The molecule has 3 rings (SSSR count). The monoisotopic (exact) mass is 337 g/mol. The van der Waals surface area contributed by atoms with Gasteiger partial charge in [0.25, 0.3) is 0 Å². The highest BCUT2D eigenvalue weighted by molar-refractivity contribution is 5.76. The van der Waals surface area contributed by atoms with E-state index in [-0.39, 0.29) is 0 Å². The van der Waals surface area contributed by atoms with Crippen molar-refractivity contribution in [1.82, 2.24) is 15.1 Å². The van der Waals surface area contributed by atoms with Gasteiger partial charge >= 0.3 is 0 Å². The highest BCUT2D eigenvalue weighted by Crippen LogP contribution is 2.25. The molecule has 24 heavy (non-hydrogen) atoms. The number of ether oxygens (including phenoxy) is 1. The third-order valence-corrected chi connectivity index (χ3v) is 6.13. The number of carbonyl (C=O) groups excluding carboxylic acids is 1. The summed E-state index contributed by atoms with van der Waals surface area (Å²) in [5.41, 5.74) is 0. The Bertz CT molecular complexity index is 392. The zero-order valence-electron chi connectivity index (χ0n) is 15.3. The zero-order chi connectivity index (χ0) is 16.8. The number of nitrogens with one attached hydrogen (secondary N) is 1. The predicted molar refractivity (Wildman–Crippen MR) is 95.9 cm³/mol. The van der Waals surface area contributed by atoms with Gasteiger partial charge in [0, 0.05) is 39.1 Å². The summed E-state index contributed by atoms with van der Waals surface area (Å²) in [5.74, 6) is 2.22. The molecule has 0 spiro atoms. The van der Waals surface area contributed by atoms with Crippen LogP contribution in [0.25, 0.3) is 0 Å². The van der Waals surface area contributed by atoms with Crippen molar-refractivity contribution in [2.45, 2.75) is 39.0 Å². The molecule has 0 aromatic carbocycles. The summed E-state index contributed by atoms with van der Waals surface area (Å²) in [6.07, 6.45) is 5.70. The zero-order valence-corrected chi connectivity index (χ0v) is 15.3. The Morgan fingerprint density at radius 2 is 2.04 bits per heavy atom. The van der Waals surface area contributed by atoms with Crippen LogP contribution in [0, 0.1) is 17.8 Å². The summed E-state index contributed by atoms with van der Waals surface area (Å²) in [4.78, 5) is 17.4. The van der Waals surface area contributed by atoms with Crippen molar-refractivity contribution in [3.63, 3.8) is 0 Å². The highest BCUT2D eigenvalue weighted by atomic mass is 16.5. The molecular formula is C19H35N3O2. The topological polar surface area (TPSA) is 44.8 Å². The van der Waals surface area contributed by atoms with Crippen LogP contribution in [-0.4, -0.2) is 74.7 Å². The van der Waals surface area contributed by atoms with Crippen molar-refractivity contribution in [3.8, 4) is 0 Å². The molecule has 0 aliphatic carbocycles. The first kappa shape index (κ1) is 18.2. The molecule has 1 N–H and O–H groups in total. The minimum atomic E-state index is 0.389. The van der Waals surface area contributed by atoms with Crippen LogP contribution in [0.3, 0.4) is 0 Å². The summed E-state index contributed by atoms with van der Waals surface area (Å²) < 4.78 is 5.44. The fourth-order valence-corrected chi connectivity index (χ4v) is 4.53. The van der Waals surface area contributed by atoms with Crippen molar-refractivity contribution in [3.05, 3.63) is 0 Å². The standard InChI is InChI=1S/C19H35N3O2/c1-16(18-5-2-6-20-13-18)12-19(23)22-7-3-4-17(15-22)14-21-8-10-24-11-9-21/h16-18,20H,2-15H2,1H3. The van der Waals surface area contributed by atoms with Gasteiger partial charge in [-0.1, -0.05) is 6.92 Å². The maximum Gasteiger partial charge on any atom is 0.222 e. The molecule has 3 saturated heterocycles. The maximum absolute atomic E-state index is 12.8. The molecule has 3 fully saturated rings. The summed E-state index contributed by atoms with van der Waals surface area (Å²) in [5, 5.41) is 3.48. The Kier molecular flexibility index (Phi) is 6.93. The number of rotatable bonds is 5. The summed E-state index contributed by atoms with van der Waals surface area (Å²) >= 11 is 0. The molecule has 0 radical (unpaired) electrons. The third-order valence-electron chi connectivity index (χ3n) is 6.13. The minimum absolute atomic E-state index is 0.389. The number of nitrogens with zero attached hydrogens (tertiary/aromatic N) is 2. The van der Waals surface area contributed by atoms with Gasteiger partial charge < -0.3 is 15.0 Å². The SMILES string of the molecule is CC(CC(=O)N1CCCC(CN2CCOCC2)C1)C1CCCNC1. The molecule has 0 bridgehead atoms. The minimum Gasteiger partial charge on any atom is -0.379 e. The van der Waals surface area contributed by atoms with Gasteiger partial charge in [0.2, 0.25) is 5.91 Å². The lowest BCUT2D eigenvalue weighted by molar-refractivity contribution is -0.134. The van der Waals surface area contributed by atoms with Crippen LogP contribution in [0.4, 0.5) is 0 Å². The van der Waals surface area contributed by atoms with Gasteiger partial charge in [0.15, 0.2) is 0 Å². The highest BCUT2D eigenvalue weighted by Gasteiger charge is 2.28. The van der Waals surface area contributed by atoms with E-state index < -0.39 is 0 Å². The lowest BCUT2D eigenvalue weighted by Crippen LogP contribution is -2.46. The van der Waals surface area contributed by atoms with Crippen molar-refractivity contribution in [2.24, 2.45) is 17.8 Å². The third kappa shape index (κ3) is 5.17. The van der Waals surface area contributed by atoms with E-state index in [0.29, 0.717) is 23.7 Å². The number of hydrogen-bond acceptors (Lipinski definition) is 4. The van der Waals surface area contributed by atoms with Gasteiger partial charge in [-0.2, -0.15) is 0 Å². The first-order valence-corrected chi connectivity index (χ1v) is 10.0. The lowest BCUT2D eigenvalue weighted by Gasteiger charge is -2.37. The fraction of sp³-hybridized carbons (Fsp3) is 0.947. The smallest absolute Gasteiger partial charge is 0.222 e. The van der Waals surface area contributed by atoms with Crippen LogP contribution >= 0.6 is 0 Å². The van der Waals surface area contributed by atoms with Gasteiger partial charge in [-0.25, -0.2) is 0 Å². The summed E-state index contributed by atoms with van der Waals surface area (Å²) in [7, 11) is 0. The normalized spacial score (nSPS) is 31.0. The Morgan fingerprint density at radius 1 is 1.21 bits per heavy atom. The van der Waals surface area contributed by atoms with Crippen LogP contribution in [0.2, 0.25) is 0 Å². The maximum atomic E-state index is 12.8. The van der Waals surface area contributed by atoms with E-state index in [0.717, 1.165) is 65.4 Å². The molecule has 0 aromatic rings. The predicted octanol–water partition coefficient (Wildman–Crippen LogP) is 1.58. The quantitative estimate of drug-likeness (QED) is 0.827. The Hall–Kier alpha value is -0.650. The van der Waals surface area contributed by atoms with Gasteiger partial charge in [0.05, 0.1) is 13.2 Å². The molecule has 1 amide bonds. The van der Waals surface area contributed by atoms with E-state index >= 15 is 0 Å². The number of hydrogen-bond donors (Lipinski definition) is 1. The van der Waals surface area contributed by atoms with Crippen LogP contribution in [0.5, 0.6) is 0 Å². The average Bonchev–Trinajstić information content (AvgIpc) is 2.63. The molecule has 0 saturated carbocycles. The number of piperidine rings is 2. The summed E-state index contributed by atoms with van der Waals surface area (Å²) in [6.45, 7) is 11.4. The molecule has 3 aliphatic heterocycles. The average molecular weight is 338 g/mol. The molecule has 3 aliphatic rings. The molecule has 5 nitrogen and oxygen atoms in total. The number of carbonyl (C=O) groups is 1. The number of likely N-dealkylation sites (tertiary alicyclic amines) is 1. The molecule has 5 heteroatoms. The number of morpholine rings is 1. The van der Waals surface area contributed by atoms with Crippen LogP contribution in [-0.2, 0) is 9.53 Å². The second kappa shape index (κ2) is 9.16. The molecule has 3 atom stereocenters. The van der Waals surface area contributed by atoms with Crippen molar-refractivity contribution >= 4 is 5.91 Å². The molecular weight excluding hydrogens is 302 g/mol. The largest absolute Gasteiger partial charge is 0.379 e. The molecule has 138 valence electrons. The van der Waals surface area contributed by atoms with E-state index in [1.165, 1.54) is 25.7 Å². The molecule has 0 aromatic heterocycles. The molecule has 3 heterocycles. The van der Waals surface area contributed by atoms with Crippen LogP contribution in [0.15, 0.2) is 0 Å². The van der Waals surface area contributed by atoms with Crippen molar-refractivity contribution < 1.29 is 9.53 Å². The Balaban J connectivity index is 1.43. The molecule has 3 unspecified atom stereocenters. The van der Waals surface area contributed by atoms with E-state index in [1.807, 2.05) is 0 Å². The van der Waals surface area contributed by atoms with Gasteiger partial charge in [-0.3, -0.25) is 9.69 Å². The van der Waals surface area contributed by atoms with Crippen molar-refractivity contribution in [1.29, 1.82) is 0 Å². The van der Waals surface area contributed by atoms with E-state index in [1.54, 1.807) is 0 Å². The fourth-order valence-electron chi connectivity index (χ4n) is 4.53. The first-order chi connectivity index (χ1) is 11.7. The van der Waals surface area contributed by atoms with Gasteiger partial charge in [0.1, 0.15) is 0 Å². The van der Waals surface area contributed by atoms with Crippen LogP contribution < -0.4 is 5.32 Å². The second-order valence-electron chi connectivity index (χ2n) is 8.05. The lowest BCUT2D eigenvalue weighted by atomic mass is 9.85.